The fourth-order valence-electron chi connectivity index (χ4n) is 3.90. The molecule has 37 heavy (non-hydrogen) atoms. The third kappa shape index (κ3) is 9.21. The Labute approximate surface area is 223 Å². The highest BCUT2D eigenvalue weighted by Gasteiger charge is 2.32. The number of amides is 2. The van der Waals surface area contributed by atoms with Crippen molar-refractivity contribution in [3.05, 3.63) is 101 Å². The average Bonchev–Trinajstić information content (AvgIpc) is 2.85. The van der Waals surface area contributed by atoms with Crippen LogP contribution in [0.25, 0.3) is 0 Å². The molecule has 0 aromatic heterocycles. The second kappa shape index (κ2) is 13.2. The van der Waals surface area contributed by atoms with Gasteiger partial charge in [-0.15, -0.1) is 0 Å². The lowest BCUT2D eigenvalue weighted by molar-refractivity contribution is -0.142. The molecule has 0 spiro atoms. The molecule has 0 saturated carbocycles. The Hall–Kier alpha value is -3.38. The molecule has 196 valence electrons. The quantitative estimate of drug-likeness (QED) is 0.304. The summed E-state index contributed by atoms with van der Waals surface area (Å²) in [6, 6.07) is 22.0. The van der Waals surface area contributed by atoms with Gasteiger partial charge in [-0.1, -0.05) is 60.1 Å². The molecule has 5 nitrogen and oxygen atoms in total. The number of hydrogen-bond donors (Lipinski definition) is 1. The van der Waals surface area contributed by atoms with Gasteiger partial charge in [0.1, 0.15) is 17.6 Å². The summed E-state index contributed by atoms with van der Waals surface area (Å²) in [6.07, 6.45) is 0.897. The van der Waals surface area contributed by atoms with Gasteiger partial charge in [-0.2, -0.15) is 0 Å². The predicted molar refractivity (Wildman–Crippen MR) is 145 cm³/mol. The number of ether oxygens (including phenoxy) is 1. The maximum atomic E-state index is 14.6. The van der Waals surface area contributed by atoms with Crippen molar-refractivity contribution in [2.75, 3.05) is 6.61 Å². The summed E-state index contributed by atoms with van der Waals surface area (Å²) in [7, 11) is 0. The highest BCUT2D eigenvalue weighted by atomic mass is 35.5. The van der Waals surface area contributed by atoms with Crippen LogP contribution in [0.15, 0.2) is 78.9 Å². The third-order valence-corrected chi connectivity index (χ3v) is 5.94. The Bertz CT molecular complexity index is 1160. The number of rotatable bonds is 11. The van der Waals surface area contributed by atoms with Gasteiger partial charge in [-0.3, -0.25) is 9.59 Å². The molecule has 2 amide bonds. The van der Waals surface area contributed by atoms with Crippen LogP contribution in [0.5, 0.6) is 5.75 Å². The van der Waals surface area contributed by atoms with Crippen molar-refractivity contribution in [3.63, 3.8) is 0 Å². The first-order valence-corrected chi connectivity index (χ1v) is 12.8. The summed E-state index contributed by atoms with van der Waals surface area (Å²) in [6.45, 7) is 5.97. The molecule has 0 heterocycles. The van der Waals surface area contributed by atoms with E-state index in [9.17, 15) is 14.0 Å². The molecule has 0 aliphatic heterocycles. The van der Waals surface area contributed by atoms with Gasteiger partial charge >= 0.3 is 0 Å². The van der Waals surface area contributed by atoms with E-state index in [0.29, 0.717) is 35.8 Å². The third-order valence-electron chi connectivity index (χ3n) is 5.69. The molecule has 0 bridgehead atoms. The monoisotopic (exact) mass is 524 g/mol. The maximum absolute atomic E-state index is 14.6. The fraction of sp³-hybridized carbons (Fsp3) is 0.333. The summed E-state index contributed by atoms with van der Waals surface area (Å²) >= 11 is 5.92. The Morgan fingerprint density at radius 2 is 1.62 bits per heavy atom. The molecule has 0 radical (unpaired) electrons. The van der Waals surface area contributed by atoms with Crippen molar-refractivity contribution in [2.45, 2.75) is 58.2 Å². The van der Waals surface area contributed by atoms with Crippen LogP contribution in [0.2, 0.25) is 5.02 Å². The molecule has 0 aliphatic rings. The van der Waals surface area contributed by atoms with Gasteiger partial charge in [0, 0.05) is 35.5 Å². The van der Waals surface area contributed by atoms with Gasteiger partial charge in [0.25, 0.3) is 0 Å². The summed E-state index contributed by atoms with van der Waals surface area (Å²) in [5, 5.41) is 3.62. The van der Waals surface area contributed by atoms with Crippen LogP contribution in [-0.4, -0.2) is 34.9 Å². The Morgan fingerprint density at radius 3 is 2.27 bits per heavy atom. The zero-order valence-electron chi connectivity index (χ0n) is 21.5. The van der Waals surface area contributed by atoms with Gasteiger partial charge < -0.3 is 15.0 Å². The van der Waals surface area contributed by atoms with E-state index in [-0.39, 0.29) is 24.8 Å². The molecule has 0 saturated heterocycles. The Kier molecular flexibility index (Phi) is 10.1. The van der Waals surface area contributed by atoms with Gasteiger partial charge in [-0.25, -0.2) is 4.39 Å². The molecule has 1 N–H and O–H groups in total. The standard InChI is InChI=1S/C30H34ClFN2O3/c1-30(2,3)33-29(36)27(20-22-10-5-4-6-11-22)34(21-23-12-7-8-13-26(23)32)28(35)14-9-19-37-25-17-15-24(31)16-18-25/h4-8,10-13,15-18,27H,9,14,19-21H2,1-3H3,(H,33,36). The van der Waals surface area contributed by atoms with Crippen LogP contribution in [0, 0.1) is 5.82 Å². The summed E-state index contributed by atoms with van der Waals surface area (Å²) < 4.78 is 20.4. The largest absolute Gasteiger partial charge is 0.494 e. The van der Waals surface area contributed by atoms with Gasteiger partial charge in [0.05, 0.1) is 6.61 Å². The number of carbonyl (C=O) groups is 2. The van der Waals surface area contributed by atoms with Crippen LogP contribution in [0.4, 0.5) is 4.39 Å². The van der Waals surface area contributed by atoms with Crippen molar-refractivity contribution in [1.29, 1.82) is 0 Å². The van der Waals surface area contributed by atoms with Crippen LogP contribution >= 0.6 is 11.6 Å². The van der Waals surface area contributed by atoms with Crippen LogP contribution < -0.4 is 10.1 Å². The number of carbonyl (C=O) groups excluding carboxylic acids is 2. The first kappa shape index (κ1) is 28.2. The van der Waals surface area contributed by atoms with Gasteiger partial charge in [0.2, 0.25) is 11.8 Å². The second-order valence-corrected chi connectivity index (χ2v) is 10.4. The van der Waals surface area contributed by atoms with E-state index in [4.69, 9.17) is 16.3 Å². The number of nitrogens with zero attached hydrogens (tertiary/aromatic N) is 1. The number of halogens is 2. The lowest BCUT2D eigenvalue weighted by Crippen LogP contribution is -2.54. The zero-order valence-corrected chi connectivity index (χ0v) is 22.3. The lowest BCUT2D eigenvalue weighted by Gasteiger charge is -2.34. The zero-order chi connectivity index (χ0) is 26.8. The normalized spacial score (nSPS) is 12.0. The van der Waals surface area contributed by atoms with Crippen LogP contribution in [0.1, 0.15) is 44.7 Å². The summed E-state index contributed by atoms with van der Waals surface area (Å²) in [5.74, 6) is -0.279. The fourth-order valence-corrected chi connectivity index (χ4v) is 4.03. The van der Waals surface area contributed by atoms with E-state index in [2.05, 4.69) is 5.32 Å². The molecular formula is C30H34ClFN2O3. The minimum atomic E-state index is -0.814. The molecule has 3 aromatic rings. The molecule has 1 unspecified atom stereocenters. The maximum Gasteiger partial charge on any atom is 0.243 e. The smallest absolute Gasteiger partial charge is 0.243 e. The number of hydrogen-bond acceptors (Lipinski definition) is 3. The molecule has 1 atom stereocenters. The number of nitrogens with one attached hydrogen (secondary N) is 1. The van der Waals surface area contributed by atoms with Crippen molar-refractivity contribution in [2.24, 2.45) is 0 Å². The van der Waals surface area contributed by atoms with Crippen LogP contribution in [0.3, 0.4) is 0 Å². The minimum absolute atomic E-state index is 0.0153. The molecular weight excluding hydrogens is 491 g/mol. The van der Waals surface area contributed by atoms with Gasteiger partial charge in [0.15, 0.2) is 0 Å². The van der Waals surface area contributed by atoms with E-state index >= 15 is 0 Å². The highest BCUT2D eigenvalue weighted by Crippen LogP contribution is 2.20. The highest BCUT2D eigenvalue weighted by molar-refractivity contribution is 6.30. The first-order chi connectivity index (χ1) is 17.6. The molecule has 3 aromatic carbocycles. The Morgan fingerprint density at radius 1 is 0.973 bits per heavy atom. The van der Waals surface area contributed by atoms with E-state index in [1.807, 2.05) is 51.1 Å². The van der Waals surface area contributed by atoms with E-state index in [1.54, 1.807) is 42.5 Å². The SMILES string of the molecule is CC(C)(C)NC(=O)C(Cc1ccccc1)N(Cc1ccccc1F)C(=O)CCCOc1ccc(Cl)cc1. The van der Waals surface area contributed by atoms with E-state index in [1.165, 1.54) is 11.0 Å². The number of benzene rings is 3. The molecule has 7 heteroatoms. The summed E-state index contributed by atoms with van der Waals surface area (Å²) in [4.78, 5) is 28.6. The lowest BCUT2D eigenvalue weighted by atomic mass is 10.00. The molecule has 0 aliphatic carbocycles. The molecule has 3 rings (SSSR count). The topological polar surface area (TPSA) is 58.6 Å². The second-order valence-electron chi connectivity index (χ2n) is 9.96. The summed E-state index contributed by atoms with van der Waals surface area (Å²) in [5.41, 5.74) is 0.773. The van der Waals surface area contributed by atoms with Crippen molar-refractivity contribution in [3.8, 4) is 5.75 Å². The van der Waals surface area contributed by atoms with E-state index < -0.39 is 17.4 Å². The van der Waals surface area contributed by atoms with E-state index in [0.717, 1.165) is 5.56 Å². The predicted octanol–water partition coefficient (Wildman–Crippen LogP) is 6.19. The Balaban J connectivity index is 1.81. The van der Waals surface area contributed by atoms with Crippen LogP contribution in [-0.2, 0) is 22.6 Å². The molecule has 0 fully saturated rings. The van der Waals surface area contributed by atoms with Gasteiger partial charge in [-0.05, 0) is 63.1 Å². The first-order valence-electron chi connectivity index (χ1n) is 12.4. The van der Waals surface area contributed by atoms with Crippen molar-refractivity contribution < 1.29 is 18.7 Å². The minimum Gasteiger partial charge on any atom is -0.494 e. The average molecular weight is 525 g/mol. The van der Waals surface area contributed by atoms with Crippen molar-refractivity contribution in [1.82, 2.24) is 10.2 Å². The van der Waals surface area contributed by atoms with Crippen molar-refractivity contribution >= 4 is 23.4 Å².